The first-order valence-electron chi connectivity index (χ1n) is 5.99. The third kappa shape index (κ3) is 2.23. The summed E-state index contributed by atoms with van der Waals surface area (Å²) in [5, 5.41) is 0. The predicted molar refractivity (Wildman–Crippen MR) is 64.9 cm³/mol. The lowest BCUT2D eigenvalue weighted by atomic mass is 9.90. The molecular weight excluding hydrogens is 182 g/mol. The molecule has 1 aromatic rings. The first kappa shape index (κ1) is 10.7. The second kappa shape index (κ2) is 4.36. The van der Waals surface area contributed by atoms with Crippen LogP contribution in [0.1, 0.15) is 36.0 Å². The Kier molecular flexibility index (Phi) is 3.11. The summed E-state index contributed by atoms with van der Waals surface area (Å²) in [5.41, 5.74) is 10.5. The molecule has 0 amide bonds. The van der Waals surface area contributed by atoms with E-state index in [2.05, 4.69) is 32.0 Å². The second-order valence-electron chi connectivity index (χ2n) is 4.93. The molecule has 1 saturated carbocycles. The summed E-state index contributed by atoms with van der Waals surface area (Å²) in [6, 6.07) is 7.00. The Morgan fingerprint density at radius 1 is 1.20 bits per heavy atom. The highest BCUT2D eigenvalue weighted by Crippen LogP contribution is 2.29. The van der Waals surface area contributed by atoms with Gasteiger partial charge in [0.15, 0.2) is 0 Å². The van der Waals surface area contributed by atoms with Crippen molar-refractivity contribution >= 4 is 0 Å². The lowest BCUT2D eigenvalue weighted by molar-refractivity contribution is 0.477. The molecule has 0 aromatic heterocycles. The maximum absolute atomic E-state index is 6.13. The molecule has 0 spiro atoms. The van der Waals surface area contributed by atoms with E-state index in [9.17, 15) is 0 Å². The maximum atomic E-state index is 6.13. The lowest BCUT2D eigenvalue weighted by Gasteiger charge is -2.18. The number of hydrogen-bond acceptors (Lipinski definition) is 1. The van der Waals surface area contributed by atoms with Crippen LogP contribution in [-0.2, 0) is 6.42 Å². The highest BCUT2D eigenvalue weighted by atomic mass is 14.7. The van der Waals surface area contributed by atoms with Gasteiger partial charge in [0.1, 0.15) is 0 Å². The molecule has 0 radical (unpaired) electrons. The van der Waals surface area contributed by atoms with Crippen LogP contribution in [0.4, 0.5) is 0 Å². The van der Waals surface area contributed by atoms with Crippen LogP contribution in [0.5, 0.6) is 0 Å². The van der Waals surface area contributed by atoms with Crippen molar-refractivity contribution in [2.24, 2.45) is 11.7 Å². The molecule has 0 aliphatic heterocycles. The Morgan fingerprint density at radius 2 is 1.87 bits per heavy atom. The standard InChI is InChI=1S/C14H21N/c1-10-5-3-6-11(2)13(10)9-12-7-4-8-14(12)15/h3,5-6,12,14H,4,7-9,15H2,1-2H3. The van der Waals surface area contributed by atoms with E-state index < -0.39 is 0 Å². The van der Waals surface area contributed by atoms with Gasteiger partial charge in [-0.1, -0.05) is 24.6 Å². The fourth-order valence-corrected chi connectivity index (χ4v) is 2.75. The van der Waals surface area contributed by atoms with Gasteiger partial charge in [-0.3, -0.25) is 0 Å². The van der Waals surface area contributed by atoms with Crippen LogP contribution in [0.3, 0.4) is 0 Å². The fraction of sp³-hybridized carbons (Fsp3) is 0.571. The number of aryl methyl sites for hydroxylation is 2. The number of hydrogen-bond donors (Lipinski definition) is 1. The average molecular weight is 203 g/mol. The van der Waals surface area contributed by atoms with E-state index in [0.29, 0.717) is 12.0 Å². The monoisotopic (exact) mass is 203 g/mol. The Labute approximate surface area is 92.7 Å². The van der Waals surface area contributed by atoms with E-state index in [1.54, 1.807) is 0 Å². The van der Waals surface area contributed by atoms with E-state index in [0.717, 1.165) is 0 Å². The smallest absolute Gasteiger partial charge is 0.00703 e. The fourth-order valence-electron chi connectivity index (χ4n) is 2.75. The summed E-state index contributed by atoms with van der Waals surface area (Å²) in [7, 11) is 0. The first-order valence-corrected chi connectivity index (χ1v) is 5.99. The molecule has 1 aliphatic carbocycles. The third-order valence-electron chi connectivity index (χ3n) is 3.83. The van der Waals surface area contributed by atoms with Gasteiger partial charge in [0.05, 0.1) is 0 Å². The minimum absolute atomic E-state index is 0.434. The SMILES string of the molecule is Cc1cccc(C)c1CC1CCCC1N. The Hall–Kier alpha value is -0.820. The van der Waals surface area contributed by atoms with E-state index in [1.165, 1.54) is 42.4 Å². The average Bonchev–Trinajstić information content (AvgIpc) is 2.58. The topological polar surface area (TPSA) is 26.0 Å². The summed E-state index contributed by atoms with van der Waals surface area (Å²) in [6.07, 6.45) is 5.03. The van der Waals surface area contributed by atoms with Crippen LogP contribution >= 0.6 is 0 Å². The van der Waals surface area contributed by atoms with Gasteiger partial charge in [0.2, 0.25) is 0 Å². The van der Waals surface area contributed by atoms with Crippen molar-refractivity contribution in [1.29, 1.82) is 0 Å². The van der Waals surface area contributed by atoms with Crippen molar-refractivity contribution in [1.82, 2.24) is 0 Å². The molecule has 1 fully saturated rings. The van der Waals surface area contributed by atoms with Crippen LogP contribution in [-0.4, -0.2) is 6.04 Å². The summed E-state index contributed by atoms with van der Waals surface area (Å²) >= 11 is 0. The molecule has 1 aromatic carbocycles. The zero-order chi connectivity index (χ0) is 10.8. The molecule has 0 heterocycles. The molecule has 15 heavy (non-hydrogen) atoms. The minimum atomic E-state index is 0.434. The van der Waals surface area contributed by atoms with Crippen molar-refractivity contribution in [3.63, 3.8) is 0 Å². The van der Waals surface area contributed by atoms with Crippen molar-refractivity contribution < 1.29 is 0 Å². The molecule has 82 valence electrons. The molecule has 2 unspecified atom stereocenters. The number of nitrogens with two attached hydrogens (primary N) is 1. The minimum Gasteiger partial charge on any atom is -0.327 e. The van der Waals surface area contributed by atoms with Gasteiger partial charge in [0.25, 0.3) is 0 Å². The largest absolute Gasteiger partial charge is 0.327 e. The number of rotatable bonds is 2. The number of benzene rings is 1. The third-order valence-corrected chi connectivity index (χ3v) is 3.83. The van der Waals surface area contributed by atoms with Gasteiger partial charge in [-0.2, -0.15) is 0 Å². The molecule has 2 rings (SSSR count). The van der Waals surface area contributed by atoms with Crippen molar-refractivity contribution in [3.8, 4) is 0 Å². The van der Waals surface area contributed by atoms with Crippen LogP contribution < -0.4 is 5.73 Å². The van der Waals surface area contributed by atoms with Crippen molar-refractivity contribution in [2.75, 3.05) is 0 Å². The van der Waals surface area contributed by atoms with Gasteiger partial charge in [-0.25, -0.2) is 0 Å². The molecular formula is C14H21N. The molecule has 0 bridgehead atoms. The molecule has 0 saturated heterocycles. The summed E-state index contributed by atoms with van der Waals surface area (Å²) < 4.78 is 0. The zero-order valence-corrected chi connectivity index (χ0v) is 9.79. The quantitative estimate of drug-likeness (QED) is 0.785. The van der Waals surface area contributed by atoms with Gasteiger partial charge in [-0.15, -0.1) is 0 Å². The second-order valence-corrected chi connectivity index (χ2v) is 4.93. The highest BCUT2D eigenvalue weighted by Gasteiger charge is 2.24. The van der Waals surface area contributed by atoms with Crippen LogP contribution in [0.15, 0.2) is 18.2 Å². The van der Waals surface area contributed by atoms with E-state index in [4.69, 9.17) is 5.73 Å². The molecule has 1 heteroatoms. The lowest BCUT2D eigenvalue weighted by Crippen LogP contribution is -2.26. The molecule has 2 atom stereocenters. The van der Waals surface area contributed by atoms with Gasteiger partial charge >= 0.3 is 0 Å². The van der Waals surface area contributed by atoms with Crippen LogP contribution in [0, 0.1) is 19.8 Å². The normalized spacial score (nSPS) is 25.8. The summed E-state index contributed by atoms with van der Waals surface area (Å²) in [4.78, 5) is 0. The molecule has 2 N–H and O–H groups in total. The molecule has 1 nitrogen and oxygen atoms in total. The Morgan fingerprint density at radius 3 is 2.40 bits per heavy atom. The van der Waals surface area contributed by atoms with Crippen LogP contribution in [0.2, 0.25) is 0 Å². The maximum Gasteiger partial charge on any atom is 0.00703 e. The van der Waals surface area contributed by atoms with Crippen molar-refractivity contribution in [3.05, 3.63) is 34.9 Å². The van der Waals surface area contributed by atoms with E-state index in [1.807, 2.05) is 0 Å². The van der Waals surface area contributed by atoms with Gasteiger partial charge in [-0.05, 0) is 55.7 Å². The van der Waals surface area contributed by atoms with Crippen LogP contribution in [0.25, 0.3) is 0 Å². The van der Waals surface area contributed by atoms with E-state index in [-0.39, 0.29) is 0 Å². The summed E-state index contributed by atoms with van der Waals surface area (Å²) in [5.74, 6) is 0.713. The Bertz CT molecular complexity index is 323. The first-order chi connectivity index (χ1) is 7.18. The molecule has 1 aliphatic rings. The Balaban J connectivity index is 2.16. The van der Waals surface area contributed by atoms with E-state index >= 15 is 0 Å². The van der Waals surface area contributed by atoms with Crippen molar-refractivity contribution in [2.45, 2.75) is 45.6 Å². The highest BCUT2D eigenvalue weighted by molar-refractivity contribution is 5.34. The summed E-state index contributed by atoms with van der Waals surface area (Å²) in [6.45, 7) is 4.42. The predicted octanol–water partition coefficient (Wildman–Crippen LogP) is 2.97. The zero-order valence-electron chi connectivity index (χ0n) is 9.79. The van der Waals surface area contributed by atoms with Gasteiger partial charge in [0, 0.05) is 6.04 Å². The van der Waals surface area contributed by atoms with Gasteiger partial charge < -0.3 is 5.73 Å².